The minimum absolute atomic E-state index is 0.122. The van der Waals surface area contributed by atoms with E-state index in [4.69, 9.17) is 0 Å². The molecule has 0 saturated carbocycles. The highest BCUT2D eigenvalue weighted by molar-refractivity contribution is 5.75. The van der Waals surface area contributed by atoms with E-state index >= 15 is 0 Å². The fourth-order valence-corrected chi connectivity index (χ4v) is 2.70. The van der Waals surface area contributed by atoms with Crippen molar-refractivity contribution in [3.8, 4) is 0 Å². The third-order valence-electron chi connectivity index (χ3n) is 4.16. The first kappa shape index (κ1) is 16.8. The van der Waals surface area contributed by atoms with Crippen molar-refractivity contribution in [3.05, 3.63) is 75.1 Å². The van der Waals surface area contributed by atoms with E-state index in [0.29, 0.717) is 6.54 Å². The summed E-state index contributed by atoms with van der Waals surface area (Å²) in [7, 11) is 1.39. The van der Waals surface area contributed by atoms with Gasteiger partial charge in [0.05, 0.1) is 0 Å². The quantitative estimate of drug-likeness (QED) is 0.791. The van der Waals surface area contributed by atoms with Crippen LogP contribution in [0.25, 0.3) is 0 Å². The van der Waals surface area contributed by atoms with Gasteiger partial charge in [-0.2, -0.15) is 0 Å². The Labute approximate surface area is 144 Å². The first-order valence-electron chi connectivity index (χ1n) is 8.06. The van der Waals surface area contributed by atoms with Gasteiger partial charge in [-0.25, -0.2) is 4.79 Å². The molecule has 0 atom stereocenters. The summed E-state index contributed by atoms with van der Waals surface area (Å²) in [5.74, 6) is -0.283. The molecule has 0 spiro atoms. The minimum atomic E-state index is -0.508. The highest BCUT2D eigenvalue weighted by atomic mass is 16.2. The first-order valence-corrected chi connectivity index (χ1v) is 8.06. The van der Waals surface area contributed by atoms with E-state index < -0.39 is 11.2 Å². The largest absolute Gasteiger partial charge is 0.364 e. The van der Waals surface area contributed by atoms with Crippen LogP contribution in [-0.4, -0.2) is 28.1 Å². The van der Waals surface area contributed by atoms with E-state index in [-0.39, 0.29) is 12.5 Å². The molecule has 0 radical (unpaired) electrons. The first-order chi connectivity index (χ1) is 12.0. The number of aromatic nitrogens is 2. The second kappa shape index (κ2) is 7.21. The molecule has 1 aliphatic rings. The van der Waals surface area contributed by atoms with Crippen LogP contribution in [0.1, 0.15) is 5.56 Å². The predicted octanol–water partition coefficient (Wildman–Crippen LogP) is 0.240. The van der Waals surface area contributed by atoms with Crippen LogP contribution >= 0.6 is 0 Å². The molecule has 2 heterocycles. The molecule has 3 rings (SSSR count). The highest BCUT2D eigenvalue weighted by Crippen LogP contribution is 2.18. The van der Waals surface area contributed by atoms with E-state index in [2.05, 4.69) is 22.4 Å². The minimum Gasteiger partial charge on any atom is -0.364 e. The average Bonchev–Trinajstić information content (AvgIpc) is 3.15. The summed E-state index contributed by atoms with van der Waals surface area (Å²) in [6, 6.07) is 9.27. The molecule has 7 heteroatoms. The smallest absolute Gasteiger partial charge is 0.331 e. The topological polar surface area (TPSA) is 76.3 Å². The van der Waals surface area contributed by atoms with Crippen LogP contribution in [0.5, 0.6) is 0 Å². The van der Waals surface area contributed by atoms with Crippen molar-refractivity contribution in [1.29, 1.82) is 0 Å². The maximum Gasteiger partial charge on any atom is 0.331 e. The Morgan fingerprint density at radius 2 is 1.92 bits per heavy atom. The third kappa shape index (κ3) is 3.88. The number of amides is 1. The SMILES string of the molecule is Cn1c(=O)ccn(CC(=O)NCc2cccc(N3CC=CC3)c2)c1=O. The number of nitrogens with one attached hydrogen (secondary N) is 1. The Morgan fingerprint density at radius 1 is 1.16 bits per heavy atom. The zero-order valence-electron chi connectivity index (χ0n) is 14.0. The van der Waals surface area contributed by atoms with Crippen molar-refractivity contribution >= 4 is 11.6 Å². The molecule has 7 nitrogen and oxygen atoms in total. The van der Waals surface area contributed by atoms with E-state index in [1.807, 2.05) is 24.3 Å². The average molecular weight is 340 g/mol. The Morgan fingerprint density at radius 3 is 2.68 bits per heavy atom. The van der Waals surface area contributed by atoms with Gasteiger partial charge in [-0.3, -0.25) is 18.7 Å². The molecule has 1 amide bonds. The van der Waals surface area contributed by atoms with Crippen LogP contribution < -0.4 is 21.5 Å². The van der Waals surface area contributed by atoms with E-state index in [1.54, 1.807) is 0 Å². The second-order valence-electron chi connectivity index (χ2n) is 5.95. The summed E-state index contributed by atoms with van der Waals surface area (Å²) < 4.78 is 2.18. The molecule has 130 valence electrons. The van der Waals surface area contributed by atoms with Gasteiger partial charge < -0.3 is 10.2 Å². The van der Waals surface area contributed by atoms with Crippen LogP contribution in [0.2, 0.25) is 0 Å². The fourth-order valence-electron chi connectivity index (χ4n) is 2.70. The zero-order valence-corrected chi connectivity index (χ0v) is 14.0. The molecule has 0 unspecified atom stereocenters. The lowest BCUT2D eigenvalue weighted by Gasteiger charge is -2.18. The van der Waals surface area contributed by atoms with Gasteiger partial charge in [-0.05, 0) is 17.7 Å². The summed E-state index contributed by atoms with van der Waals surface area (Å²) in [6.07, 6.45) is 5.59. The molecule has 0 bridgehead atoms. The Bertz CT molecular complexity index is 918. The van der Waals surface area contributed by atoms with Crippen molar-refractivity contribution in [2.75, 3.05) is 18.0 Å². The van der Waals surface area contributed by atoms with Gasteiger partial charge >= 0.3 is 5.69 Å². The summed E-state index contributed by atoms with van der Waals surface area (Å²) in [6.45, 7) is 2.05. The Balaban J connectivity index is 1.61. The predicted molar refractivity (Wildman–Crippen MR) is 95.6 cm³/mol. The monoisotopic (exact) mass is 340 g/mol. The molecule has 0 aliphatic carbocycles. The molecular formula is C18H20N4O3. The fraction of sp³-hybridized carbons (Fsp3) is 0.278. The van der Waals surface area contributed by atoms with Crippen LogP contribution in [0, 0.1) is 0 Å². The lowest BCUT2D eigenvalue weighted by molar-refractivity contribution is -0.121. The van der Waals surface area contributed by atoms with Crippen molar-refractivity contribution in [3.63, 3.8) is 0 Å². The Hall–Kier alpha value is -3.09. The van der Waals surface area contributed by atoms with Gasteiger partial charge in [0.25, 0.3) is 5.56 Å². The standard InChI is InChI=1S/C18H20N4O3/c1-20-17(24)7-10-22(18(20)25)13-16(23)19-12-14-5-4-6-15(11-14)21-8-2-3-9-21/h2-7,10-11H,8-9,12-13H2,1H3,(H,19,23). The van der Waals surface area contributed by atoms with Crippen LogP contribution in [0.15, 0.2) is 58.3 Å². The lowest BCUT2D eigenvalue weighted by atomic mass is 10.2. The van der Waals surface area contributed by atoms with E-state index in [1.165, 1.54) is 23.9 Å². The molecule has 0 fully saturated rings. The van der Waals surface area contributed by atoms with Crippen LogP contribution in [0.4, 0.5) is 5.69 Å². The lowest BCUT2D eigenvalue weighted by Crippen LogP contribution is -2.40. The molecular weight excluding hydrogens is 320 g/mol. The Kier molecular flexibility index (Phi) is 4.83. The van der Waals surface area contributed by atoms with Gasteiger partial charge in [0, 0.05) is 44.6 Å². The zero-order chi connectivity index (χ0) is 17.8. The molecule has 1 aromatic carbocycles. The molecule has 2 aromatic rings. The molecule has 1 N–H and O–H groups in total. The number of hydrogen-bond donors (Lipinski definition) is 1. The third-order valence-corrected chi connectivity index (χ3v) is 4.16. The van der Waals surface area contributed by atoms with Gasteiger partial charge in [0.2, 0.25) is 5.91 Å². The maximum absolute atomic E-state index is 12.1. The summed E-state index contributed by atoms with van der Waals surface area (Å²) in [5.41, 5.74) is 1.21. The van der Waals surface area contributed by atoms with Gasteiger partial charge in [0.1, 0.15) is 6.54 Å². The number of nitrogens with zero attached hydrogens (tertiary/aromatic N) is 3. The van der Waals surface area contributed by atoms with Crippen LogP contribution in [0.3, 0.4) is 0 Å². The molecule has 1 aliphatic heterocycles. The van der Waals surface area contributed by atoms with Gasteiger partial charge in [-0.1, -0.05) is 24.3 Å². The van der Waals surface area contributed by atoms with Crippen molar-refractivity contribution < 1.29 is 4.79 Å². The van der Waals surface area contributed by atoms with E-state index in [0.717, 1.165) is 28.9 Å². The number of carbonyl (C=O) groups excluding carboxylic acids is 1. The number of anilines is 1. The van der Waals surface area contributed by atoms with E-state index in [9.17, 15) is 14.4 Å². The number of benzene rings is 1. The van der Waals surface area contributed by atoms with Gasteiger partial charge in [0.15, 0.2) is 0 Å². The molecule has 0 saturated heterocycles. The van der Waals surface area contributed by atoms with Crippen molar-refractivity contribution in [1.82, 2.24) is 14.5 Å². The maximum atomic E-state index is 12.1. The summed E-state index contributed by atoms with van der Waals surface area (Å²) >= 11 is 0. The van der Waals surface area contributed by atoms with Gasteiger partial charge in [-0.15, -0.1) is 0 Å². The molecule has 25 heavy (non-hydrogen) atoms. The number of rotatable bonds is 5. The van der Waals surface area contributed by atoms with Crippen molar-refractivity contribution in [2.24, 2.45) is 7.05 Å². The number of hydrogen-bond acceptors (Lipinski definition) is 4. The van der Waals surface area contributed by atoms with Crippen LogP contribution in [-0.2, 0) is 24.9 Å². The highest BCUT2D eigenvalue weighted by Gasteiger charge is 2.09. The van der Waals surface area contributed by atoms with Crippen molar-refractivity contribution in [2.45, 2.75) is 13.1 Å². The second-order valence-corrected chi connectivity index (χ2v) is 5.95. The summed E-state index contributed by atoms with van der Waals surface area (Å²) in [5, 5.41) is 2.81. The normalized spacial score (nSPS) is 13.2. The molecule has 1 aromatic heterocycles. The summed E-state index contributed by atoms with van der Waals surface area (Å²) in [4.78, 5) is 37.6. The number of carbonyl (C=O) groups is 1.